The van der Waals surface area contributed by atoms with Crippen LogP contribution >= 0.6 is 12.4 Å². The van der Waals surface area contributed by atoms with Crippen molar-refractivity contribution in [1.29, 1.82) is 0 Å². The van der Waals surface area contributed by atoms with Gasteiger partial charge in [-0.2, -0.15) is 0 Å². The summed E-state index contributed by atoms with van der Waals surface area (Å²) in [6, 6.07) is 10.0. The molecule has 0 spiro atoms. The lowest BCUT2D eigenvalue weighted by atomic mass is 9.96. The maximum Gasteiger partial charge on any atom is 0.254 e. The second-order valence-electron chi connectivity index (χ2n) is 6.25. The fraction of sp³-hybridized carbons (Fsp3) is 0.368. The van der Waals surface area contributed by atoms with Gasteiger partial charge in [-0.15, -0.1) is 12.4 Å². The van der Waals surface area contributed by atoms with Crippen molar-refractivity contribution >= 4 is 24.0 Å². The summed E-state index contributed by atoms with van der Waals surface area (Å²) in [4.78, 5) is 19.2. The predicted octanol–water partition coefficient (Wildman–Crippen LogP) is 3.91. The van der Waals surface area contributed by atoms with E-state index in [4.69, 9.17) is 0 Å². The highest BCUT2D eigenvalue weighted by molar-refractivity contribution is 5.97. The number of hydrogen-bond acceptors (Lipinski definition) is 3. The molecule has 1 amide bonds. The molecule has 1 N–H and O–H groups in total. The molecule has 24 heavy (non-hydrogen) atoms. The van der Waals surface area contributed by atoms with E-state index in [0.29, 0.717) is 6.54 Å². The Kier molecular flexibility index (Phi) is 6.21. The van der Waals surface area contributed by atoms with Crippen LogP contribution in [0.4, 0.5) is 5.69 Å². The molecule has 0 aliphatic carbocycles. The molecule has 4 nitrogen and oxygen atoms in total. The van der Waals surface area contributed by atoms with Gasteiger partial charge in [-0.25, -0.2) is 0 Å². The third kappa shape index (κ3) is 3.88. The number of carbonyl (C=O) groups excluding carboxylic acids is 1. The highest BCUT2D eigenvalue weighted by Crippen LogP contribution is 2.27. The summed E-state index contributed by atoms with van der Waals surface area (Å²) in [5, 5.41) is 3.39. The molecular formula is C19H24ClN3O. The Morgan fingerprint density at radius 2 is 2.12 bits per heavy atom. The van der Waals surface area contributed by atoms with Gasteiger partial charge in [-0.05, 0) is 56.0 Å². The summed E-state index contributed by atoms with van der Waals surface area (Å²) in [7, 11) is 0. The van der Waals surface area contributed by atoms with E-state index in [2.05, 4.69) is 30.2 Å². The van der Waals surface area contributed by atoms with Crippen molar-refractivity contribution in [3.05, 3.63) is 59.4 Å². The third-order valence-electron chi connectivity index (χ3n) is 4.29. The molecule has 1 aromatic heterocycles. The van der Waals surface area contributed by atoms with Gasteiger partial charge in [0.05, 0.1) is 0 Å². The summed E-state index contributed by atoms with van der Waals surface area (Å²) in [6.45, 7) is 5.68. The van der Waals surface area contributed by atoms with Gasteiger partial charge in [0.1, 0.15) is 0 Å². The van der Waals surface area contributed by atoms with Gasteiger partial charge in [0.15, 0.2) is 0 Å². The monoisotopic (exact) mass is 345 g/mol. The number of nitrogens with zero attached hydrogens (tertiary/aromatic N) is 2. The van der Waals surface area contributed by atoms with Gasteiger partial charge >= 0.3 is 0 Å². The van der Waals surface area contributed by atoms with E-state index in [9.17, 15) is 4.79 Å². The number of anilines is 1. The normalized spacial score (nSPS) is 12.8. The minimum Gasteiger partial charge on any atom is -0.385 e. The maximum atomic E-state index is 13.1. The number of pyridine rings is 1. The van der Waals surface area contributed by atoms with Crippen LogP contribution in [0, 0.1) is 0 Å². The zero-order valence-corrected chi connectivity index (χ0v) is 15.0. The average molecular weight is 346 g/mol. The van der Waals surface area contributed by atoms with Gasteiger partial charge in [0.2, 0.25) is 0 Å². The van der Waals surface area contributed by atoms with Crippen molar-refractivity contribution in [1.82, 2.24) is 9.88 Å². The Morgan fingerprint density at radius 3 is 2.83 bits per heavy atom. The molecule has 2 heterocycles. The summed E-state index contributed by atoms with van der Waals surface area (Å²) < 4.78 is 0. The number of hydrogen-bond donors (Lipinski definition) is 1. The van der Waals surface area contributed by atoms with Crippen LogP contribution in [-0.2, 0) is 13.0 Å². The topological polar surface area (TPSA) is 45.2 Å². The molecule has 0 saturated heterocycles. The first-order valence-corrected chi connectivity index (χ1v) is 8.22. The van der Waals surface area contributed by atoms with Crippen LogP contribution < -0.4 is 5.32 Å². The molecule has 0 saturated carbocycles. The van der Waals surface area contributed by atoms with E-state index in [1.54, 1.807) is 6.20 Å². The third-order valence-corrected chi connectivity index (χ3v) is 4.29. The molecule has 3 rings (SSSR count). The number of amides is 1. The minimum absolute atomic E-state index is 0. The molecular weight excluding hydrogens is 322 g/mol. The standard InChI is InChI=1S/C19H23N3O.ClH/c1-14(2)22(13-15-6-4-10-20-12-15)19(23)17-7-3-9-18-16(17)8-5-11-21-18;/h3-4,6-7,9-10,12,14,21H,5,8,11,13H2,1-2H3;1H. The van der Waals surface area contributed by atoms with Crippen LogP contribution in [0.15, 0.2) is 42.7 Å². The van der Waals surface area contributed by atoms with Gasteiger partial charge in [0, 0.05) is 42.8 Å². The van der Waals surface area contributed by atoms with Crippen molar-refractivity contribution in [2.45, 2.75) is 39.3 Å². The van der Waals surface area contributed by atoms with Crippen LogP contribution in [0.5, 0.6) is 0 Å². The Labute approximate surface area is 149 Å². The number of fused-ring (bicyclic) bond motifs is 1. The van der Waals surface area contributed by atoms with Crippen LogP contribution in [0.2, 0.25) is 0 Å². The van der Waals surface area contributed by atoms with E-state index in [1.165, 1.54) is 0 Å². The Balaban J connectivity index is 0.00000208. The van der Waals surface area contributed by atoms with Crippen LogP contribution in [0.1, 0.15) is 41.8 Å². The lowest BCUT2D eigenvalue weighted by molar-refractivity contribution is 0.0689. The molecule has 0 fully saturated rings. The van der Waals surface area contributed by atoms with E-state index < -0.39 is 0 Å². The van der Waals surface area contributed by atoms with Crippen LogP contribution in [0.25, 0.3) is 0 Å². The van der Waals surface area contributed by atoms with Gasteiger partial charge in [-0.1, -0.05) is 12.1 Å². The number of halogens is 1. The van der Waals surface area contributed by atoms with Crippen molar-refractivity contribution in [2.24, 2.45) is 0 Å². The molecule has 1 aliphatic rings. The summed E-state index contributed by atoms with van der Waals surface area (Å²) in [5.74, 6) is 0.101. The average Bonchev–Trinajstić information content (AvgIpc) is 2.59. The zero-order chi connectivity index (χ0) is 16.2. The quantitative estimate of drug-likeness (QED) is 0.913. The second kappa shape index (κ2) is 8.15. The Hall–Kier alpha value is -2.07. The molecule has 0 radical (unpaired) electrons. The number of aromatic nitrogens is 1. The number of nitrogens with one attached hydrogen (secondary N) is 1. The lowest BCUT2D eigenvalue weighted by Gasteiger charge is -2.29. The second-order valence-corrected chi connectivity index (χ2v) is 6.25. The zero-order valence-electron chi connectivity index (χ0n) is 14.2. The predicted molar refractivity (Wildman–Crippen MR) is 99.7 cm³/mol. The first-order valence-electron chi connectivity index (χ1n) is 8.22. The van der Waals surface area contributed by atoms with Crippen LogP contribution in [0.3, 0.4) is 0 Å². The summed E-state index contributed by atoms with van der Waals surface area (Å²) >= 11 is 0. The molecule has 5 heteroatoms. The molecule has 2 aromatic rings. The van der Waals surface area contributed by atoms with Crippen molar-refractivity contribution in [3.63, 3.8) is 0 Å². The van der Waals surface area contributed by atoms with Crippen molar-refractivity contribution < 1.29 is 4.79 Å². The number of benzene rings is 1. The Bertz CT molecular complexity index is 688. The van der Waals surface area contributed by atoms with Gasteiger partial charge in [-0.3, -0.25) is 9.78 Å². The SMILES string of the molecule is CC(C)N(Cc1cccnc1)C(=O)c1cccc2c1CCCN2.Cl. The molecule has 0 atom stereocenters. The van der Waals surface area contributed by atoms with E-state index in [1.807, 2.05) is 35.4 Å². The van der Waals surface area contributed by atoms with E-state index in [0.717, 1.165) is 41.8 Å². The van der Waals surface area contributed by atoms with Crippen LogP contribution in [-0.4, -0.2) is 28.4 Å². The fourth-order valence-corrected chi connectivity index (χ4v) is 3.04. The molecule has 128 valence electrons. The number of carbonyl (C=O) groups is 1. The smallest absolute Gasteiger partial charge is 0.254 e. The summed E-state index contributed by atoms with van der Waals surface area (Å²) in [6.07, 6.45) is 5.61. The lowest BCUT2D eigenvalue weighted by Crippen LogP contribution is -2.37. The first kappa shape index (κ1) is 18.3. The maximum absolute atomic E-state index is 13.1. The van der Waals surface area contributed by atoms with Crippen molar-refractivity contribution in [2.75, 3.05) is 11.9 Å². The highest BCUT2D eigenvalue weighted by Gasteiger charge is 2.23. The Morgan fingerprint density at radius 1 is 1.29 bits per heavy atom. The van der Waals surface area contributed by atoms with E-state index >= 15 is 0 Å². The largest absolute Gasteiger partial charge is 0.385 e. The number of rotatable bonds is 4. The molecule has 1 aromatic carbocycles. The van der Waals surface area contributed by atoms with Gasteiger partial charge in [0.25, 0.3) is 5.91 Å². The molecule has 1 aliphatic heterocycles. The molecule has 0 bridgehead atoms. The fourth-order valence-electron chi connectivity index (χ4n) is 3.04. The molecule has 0 unspecified atom stereocenters. The van der Waals surface area contributed by atoms with Crippen molar-refractivity contribution in [3.8, 4) is 0 Å². The highest BCUT2D eigenvalue weighted by atomic mass is 35.5. The first-order chi connectivity index (χ1) is 11.2. The minimum atomic E-state index is 0. The van der Waals surface area contributed by atoms with E-state index in [-0.39, 0.29) is 24.4 Å². The summed E-state index contributed by atoms with van der Waals surface area (Å²) in [5.41, 5.74) is 4.14. The van der Waals surface area contributed by atoms with Gasteiger partial charge < -0.3 is 10.2 Å².